The van der Waals surface area contributed by atoms with E-state index in [0.717, 1.165) is 12.1 Å². The van der Waals surface area contributed by atoms with Gasteiger partial charge in [-0.05, 0) is 37.7 Å². The Morgan fingerprint density at radius 3 is 2.94 bits per heavy atom. The second-order valence-electron chi connectivity index (χ2n) is 3.83. The van der Waals surface area contributed by atoms with Crippen LogP contribution in [0, 0.1) is 12.7 Å². The summed E-state index contributed by atoms with van der Waals surface area (Å²) in [4.78, 5) is 4.25. The van der Waals surface area contributed by atoms with Gasteiger partial charge in [0.15, 0.2) is 0 Å². The number of nitrogens with zero attached hydrogens (tertiary/aromatic N) is 2. The molecule has 1 aromatic heterocycles. The maximum Gasteiger partial charge on any atom is 0.228 e. The first-order valence-corrected chi connectivity index (χ1v) is 5.44. The SMILES string of the molecule is CNCCc1nc(-c2ccc(F)c(C)c2)no1. The second kappa shape index (κ2) is 5.05. The zero-order chi connectivity index (χ0) is 12.3. The van der Waals surface area contributed by atoms with Crippen molar-refractivity contribution < 1.29 is 8.91 Å². The average molecular weight is 235 g/mol. The molecule has 0 unspecified atom stereocenters. The predicted molar refractivity (Wildman–Crippen MR) is 62.1 cm³/mol. The third-order valence-electron chi connectivity index (χ3n) is 2.47. The minimum atomic E-state index is -0.229. The quantitative estimate of drug-likeness (QED) is 0.880. The lowest BCUT2D eigenvalue weighted by Gasteiger charge is -1.98. The van der Waals surface area contributed by atoms with E-state index in [4.69, 9.17) is 4.52 Å². The summed E-state index contributed by atoms with van der Waals surface area (Å²) in [6.45, 7) is 2.49. The molecule has 0 fully saturated rings. The fourth-order valence-electron chi connectivity index (χ4n) is 1.49. The van der Waals surface area contributed by atoms with E-state index in [9.17, 15) is 4.39 Å². The van der Waals surface area contributed by atoms with Crippen molar-refractivity contribution in [1.82, 2.24) is 15.5 Å². The van der Waals surface area contributed by atoms with Crippen LogP contribution in [0.5, 0.6) is 0 Å². The number of nitrogens with one attached hydrogen (secondary N) is 1. The van der Waals surface area contributed by atoms with E-state index in [-0.39, 0.29) is 5.82 Å². The Morgan fingerprint density at radius 1 is 1.41 bits per heavy atom. The highest BCUT2D eigenvalue weighted by molar-refractivity contribution is 5.55. The van der Waals surface area contributed by atoms with Gasteiger partial charge in [0.2, 0.25) is 11.7 Å². The van der Waals surface area contributed by atoms with E-state index < -0.39 is 0 Å². The molecule has 0 aliphatic heterocycles. The smallest absolute Gasteiger partial charge is 0.228 e. The highest BCUT2D eigenvalue weighted by atomic mass is 19.1. The molecule has 0 aliphatic rings. The molecule has 2 rings (SSSR count). The zero-order valence-corrected chi connectivity index (χ0v) is 9.83. The topological polar surface area (TPSA) is 51.0 Å². The Bertz CT molecular complexity index is 510. The first-order valence-electron chi connectivity index (χ1n) is 5.44. The molecule has 0 spiro atoms. The Kier molecular flexibility index (Phi) is 3.49. The molecule has 1 aromatic carbocycles. The van der Waals surface area contributed by atoms with Gasteiger partial charge in [0, 0.05) is 18.5 Å². The van der Waals surface area contributed by atoms with Gasteiger partial charge in [-0.25, -0.2) is 4.39 Å². The maximum atomic E-state index is 13.1. The Morgan fingerprint density at radius 2 is 2.24 bits per heavy atom. The Labute approximate surface area is 98.8 Å². The molecule has 0 bridgehead atoms. The van der Waals surface area contributed by atoms with Crippen molar-refractivity contribution in [3.8, 4) is 11.4 Å². The molecule has 0 saturated carbocycles. The number of rotatable bonds is 4. The number of aromatic nitrogens is 2. The molecule has 1 heterocycles. The summed E-state index contributed by atoms with van der Waals surface area (Å²) in [5.74, 6) is 0.850. The molecule has 0 amide bonds. The summed E-state index contributed by atoms with van der Waals surface area (Å²) in [6.07, 6.45) is 0.684. The van der Waals surface area contributed by atoms with Crippen molar-refractivity contribution in [2.45, 2.75) is 13.3 Å². The van der Waals surface area contributed by atoms with Gasteiger partial charge >= 0.3 is 0 Å². The van der Waals surface area contributed by atoms with Gasteiger partial charge in [0.25, 0.3) is 0 Å². The molecular weight excluding hydrogens is 221 g/mol. The van der Waals surface area contributed by atoms with Crippen LogP contribution in [-0.4, -0.2) is 23.7 Å². The van der Waals surface area contributed by atoms with E-state index in [0.29, 0.717) is 23.7 Å². The molecule has 17 heavy (non-hydrogen) atoms. The van der Waals surface area contributed by atoms with Gasteiger partial charge in [0.05, 0.1) is 0 Å². The lowest BCUT2D eigenvalue weighted by Crippen LogP contribution is -2.10. The lowest BCUT2D eigenvalue weighted by molar-refractivity contribution is 0.377. The number of benzene rings is 1. The van der Waals surface area contributed by atoms with E-state index in [2.05, 4.69) is 15.5 Å². The lowest BCUT2D eigenvalue weighted by atomic mass is 10.1. The summed E-state index contributed by atoms with van der Waals surface area (Å²) < 4.78 is 18.2. The van der Waals surface area contributed by atoms with Crippen LogP contribution in [0.2, 0.25) is 0 Å². The van der Waals surface area contributed by atoms with Gasteiger partial charge in [-0.2, -0.15) is 4.98 Å². The molecule has 4 nitrogen and oxygen atoms in total. The summed E-state index contributed by atoms with van der Waals surface area (Å²) in [7, 11) is 1.86. The van der Waals surface area contributed by atoms with Crippen LogP contribution in [-0.2, 0) is 6.42 Å². The Balaban J connectivity index is 2.21. The molecule has 5 heteroatoms. The Hall–Kier alpha value is -1.75. The molecule has 0 aliphatic carbocycles. The minimum absolute atomic E-state index is 0.229. The van der Waals surface area contributed by atoms with Crippen molar-refractivity contribution >= 4 is 0 Å². The normalized spacial score (nSPS) is 10.8. The summed E-state index contributed by atoms with van der Waals surface area (Å²) in [5, 5.41) is 6.88. The molecule has 0 radical (unpaired) electrons. The zero-order valence-electron chi connectivity index (χ0n) is 9.83. The van der Waals surface area contributed by atoms with Gasteiger partial charge in [0.1, 0.15) is 5.82 Å². The van der Waals surface area contributed by atoms with E-state index in [1.54, 1.807) is 19.1 Å². The van der Waals surface area contributed by atoms with Crippen molar-refractivity contribution in [3.05, 3.63) is 35.5 Å². The fraction of sp³-hybridized carbons (Fsp3) is 0.333. The van der Waals surface area contributed by atoms with Crippen LogP contribution < -0.4 is 5.32 Å². The molecule has 2 aromatic rings. The molecular formula is C12H14FN3O. The maximum absolute atomic E-state index is 13.1. The first kappa shape index (κ1) is 11.7. The van der Waals surface area contributed by atoms with Crippen LogP contribution in [0.3, 0.4) is 0 Å². The van der Waals surface area contributed by atoms with Gasteiger partial charge in [-0.3, -0.25) is 0 Å². The van der Waals surface area contributed by atoms with E-state index in [1.165, 1.54) is 6.07 Å². The second-order valence-corrected chi connectivity index (χ2v) is 3.83. The van der Waals surface area contributed by atoms with Crippen LogP contribution in [0.1, 0.15) is 11.5 Å². The van der Waals surface area contributed by atoms with Crippen molar-refractivity contribution in [3.63, 3.8) is 0 Å². The fourth-order valence-corrected chi connectivity index (χ4v) is 1.49. The average Bonchev–Trinajstić information content (AvgIpc) is 2.79. The third-order valence-corrected chi connectivity index (χ3v) is 2.47. The number of hydrogen-bond acceptors (Lipinski definition) is 4. The third kappa shape index (κ3) is 2.68. The van der Waals surface area contributed by atoms with Crippen molar-refractivity contribution in [1.29, 1.82) is 0 Å². The van der Waals surface area contributed by atoms with E-state index >= 15 is 0 Å². The highest BCUT2D eigenvalue weighted by Gasteiger charge is 2.09. The minimum Gasteiger partial charge on any atom is -0.339 e. The highest BCUT2D eigenvalue weighted by Crippen LogP contribution is 2.19. The predicted octanol–water partition coefficient (Wildman–Crippen LogP) is 1.95. The molecule has 90 valence electrons. The van der Waals surface area contributed by atoms with Gasteiger partial charge in [-0.15, -0.1) is 0 Å². The monoisotopic (exact) mass is 235 g/mol. The van der Waals surface area contributed by atoms with E-state index in [1.807, 2.05) is 7.05 Å². The summed E-state index contributed by atoms with van der Waals surface area (Å²) in [6, 6.07) is 4.77. The molecule has 0 atom stereocenters. The number of aryl methyl sites for hydroxylation is 1. The standard InChI is InChI=1S/C12H14FN3O/c1-8-7-9(3-4-10(8)13)12-15-11(17-16-12)5-6-14-2/h3-4,7,14H,5-6H2,1-2H3. The largest absolute Gasteiger partial charge is 0.339 e. The number of hydrogen-bond donors (Lipinski definition) is 1. The number of likely N-dealkylation sites (N-methyl/N-ethyl adjacent to an activating group) is 1. The van der Waals surface area contributed by atoms with Gasteiger partial charge < -0.3 is 9.84 Å². The van der Waals surface area contributed by atoms with Crippen molar-refractivity contribution in [2.75, 3.05) is 13.6 Å². The van der Waals surface area contributed by atoms with Crippen LogP contribution in [0.15, 0.2) is 22.7 Å². The van der Waals surface area contributed by atoms with Gasteiger partial charge in [-0.1, -0.05) is 5.16 Å². The molecule has 0 saturated heterocycles. The van der Waals surface area contributed by atoms with Crippen LogP contribution in [0.4, 0.5) is 4.39 Å². The summed E-state index contributed by atoms with van der Waals surface area (Å²) >= 11 is 0. The van der Waals surface area contributed by atoms with Crippen LogP contribution >= 0.6 is 0 Å². The first-order chi connectivity index (χ1) is 8.20. The number of halogens is 1. The molecule has 1 N–H and O–H groups in total. The van der Waals surface area contributed by atoms with Crippen molar-refractivity contribution in [2.24, 2.45) is 0 Å². The van der Waals surface area contributed by atoms with Crippen LogP contribution in [0.25, 0.3) is 11.4 Å². The summed E-state index contributed by atoms with van der Waals surface area (Å²) in [5.41, 5.74) is 1.34.